The summed E-state index contributed by atoms with van der Waals surface area (Å²) in [6, 6.07) is 5.55. The smallest absolute Gasteiger partial charge is 0.165 e. The molecule has 1 aromatic carbocycles. The summed E-state index contributed by atoms with van der Waals surface area (Å²) in [5.74, 6) is 2.47. The van der Waals surface area contributed by atoms with Gasteiger partial charge in [0, 0.05) is 6.07 Å². The van der Waals surface area contributed by atoms with Gasteiger partial charge in [-0.15, -0.1) is 0 Å². The van der Waals surface area contributed by atoms with Crippen molar-refractivity contribution in [2.24, 2.45) is 0 Å². The van der Waals surface area contributed by atoms with Crippen LogP contribution in [0.2, 0.25) is 0 Å². The molecule has 2 N–H and O–H groups in total. The zero-order valence-corrected chi connectivity index (χ0v) is 14.5. The zero-order chi connectivity index (χ0) is 15.4. The van der Waals surface area contributed by atoms with Crippen molar-refractivity contribution in [3.63, 3.8) is 0 Å². The van der Waals surface area contributed by atoms with Gasteiger partial charge in [0.25, 0.3) is 0 Å². The third-order valence-corrected chi connectivity index (χ3v) is 4.26. The maximum atomic E-state index is 6.01. The summed E-state index contributed by atoms with van der Waals surface area (Å²) in [6.07, 6.45) is 1.88. The van der Waals surface area contributed by atoms with Gasteiger partial charge >= 0.3 is 0 Å². The number of halogens is 1. The SMILES string of the molecule is CCCc1nc(-c2ccc(OC)cc2OC)nc(N)c1I. The number of hydrogen-bond donors (Lipinski definition) is 1. The van der Waals surface area contributed by atoms with E-state index in [9.17, 15) is 0 Å². The summed E-state index contributed by atoms with van der Waals surface area (Å²) in [7, 11) is 3.23. The van der Waals surface area contributed by atoms with Crippen molar-refractivity contribution in [1.82, 2.24) is 9.97 Å². The number of methoxy groups -OCH3 is 2. The lowest BCUT2D eigenvalue weighted by molar-refractivity contribution is 0.395. The van der Waals surface area contributed by atoms with Crippen LogP contribution in [0.5, 0.6) is 11.5 Å². The van der Waals surface area contributed by atoms with E-state index in [2.05, 4.69) is 39.5 Å². The van der Waals surface area contributed by atoms with E-state index in [0.717, 1.165) is 33.4 Å². The van der Waals surface area contributed by atoms with Crippen LogP contribution >= 0.6 is 22.6 Å². The minimum absolute atomic E-state index is 0.502. The Morgan fingerprint density at radius 1 is 1.19 bits per heavy atom. The van der Waals surface area contributed by atoms with Crippen molar-refractivity contribution < 1.29 is 9.47 Å². The number of nitrogens with two attached hydrogens (primary N) is 1. The van der Waals surface area contributed by atoms with Crippen molar-refractivity contribution in [3.05, 3.63) is 27.5 Å². The van der Waals surface area contributed by atoms with Gasteiger partial charge < -0.3 is 15.2 Å². The Morgan fingerprint density at radius 3 is 2.57 bits per heavy atom. The number of aryl methyl sites for hydroxylation is 1. The van der Waals surface area contributed by atoms with Crippen molar-refractivity contribution in [1.29, 1.82) is 0 Å². The average molecular weight is 399 g/mol. The first-order valence-corrected chi connectivity index (χ1v) is 7.72. The molecule has 6 heteroatoms. The number of hydrogen-bond acceptors (Lipinski definition) is 5. The molecule has 0 aliphatic rings. The lowest BCUT2D eigenvalue weighted by atomic mass is 10.1. The van der Waals surface area contributed by atoms with Crippen molar-refractivity contribution in [3.8, 4) is 22.9 Å². The molecule has 0 radical (unpaired) electrons. The van der Waals surface area contributed by atoms with E-state index in [4.69, 9.17) is 15.2 Å². The molecule has 0 spiro atoms. The molecule has 0 aliphatic heterocycles. The first-order chi connectivity index (χ1) is 10.1. The number of anilines is 1. The van der Waals surface area contributed by atoms with Crippen molar-refractivity contribution in [2.75, 3.05) is 20.0 Å². The molecule has 0 fully saturated rings. The van der Waals surface area contributed by atoms with Gasteiger partial charge in [0.2, 0.25) is 0 Å². The fraction of sp³-hybridized carbons (Fsp3) is 0.333. The van der Waals surface area contributed by atoms with Crippen LogP contribution in [-0.4, -0.2) is 24.2 Å². The van der Waals surface area contributed by atoms with E-state index in [1.807, 2.05) is 18.2 Å². The molecule has 0 bridgehead atoms. The van der Waals surface area contributed by atoms with Gasteiger partial charge in [0.15, 0.2) is 5.82 Å². The first kappa shape index (κ1) is 15.8. The molecule has 0 saturated carbocycles. The molecule has 0 unspecified atom stereocenters. The van der Waals surface area contributed by atoms with Gasteiger partial charge in [-0.3, -0.25) is 0 Å². The monoisotopic (exact) mass is 399 g/mol. The molecule has 0 saturated heterocycles. The Labute approximate surface area is 138 Å². The van der Waals surface area contributed by atoms with Gasteiger partial charge in [-0.25, -0.2) is 9.97 Å². The Morgan fingerprint density at radius 2 is 1.95 bits per heavy atom. The third-order valence-electron chi connectivity index (χ3n) is 3.08. The molecular formula is C15H18IN3O2. The average Bonchev–Trinajstić information content (AvgIpc) is 2.51. The number of benzene rings is 1. The van der Waals surface area contributed by atoms with Crippen LogP contribution in [0.1, 0.15) is 19.0 Å². The van der Waals surface area contributed by atoms with Crippen LogP contribution in [0.3, 0.4) is 0 Å². The summed E-state index contributed by atoms with van der Waals surface area (Å²) in [4.78, 5) is 9.03. The van der Waals surface area contributed by atoms with E-state index in [-0.39, 0.29) is 0 Å². The Hall–Kier alpha value is -1.57. The van der Waals surface area contributed by atoms with Crippen molar-refractivity contribution >= 4 is 28.4 Å². The second-order valence-corrected chi connectivity index (χ2v) is 5.59. The zero-order valence-electron chi connectivity index (χ0n) is 12.3. The minimum atomic E-state index is 0.502. The van der Waals surface area contributed by atoms with Crippen LogP contribution in [0.4, 0.5) is 5.82 Å². The highest BCUT2D eigenvalue weighted by Crippen LogP contribution is 2.32. The van der Waals surface area contributed by atoms with Gasteiger partial charge in [-0.05, 0) is 41.1 Å². The van der Waals surface area contributed by atoms with Crippen LogP contribution in [0.25, 0.3) is 11.4 Å². The van der Waals surface area contributed by atoms with Crippen LogP contribution in [0, 0.1) is 3.57 Å². The lowest BCUT2D eigenvalue weighted by Gasteiger charge is -2.12. The van der Waals surface area contributed by atoms with E-state index in [1.165, 1.54) is 0 Å². The normalized spacial score (nSPS) is 10.5. The molecule has 1 heterocycles. The largest absolute Gasteiger partial charge is 0.497 e. The molecule has 0 atom stereocenters. The summed E-state index contributed by atoms with van der Waals surface area (Å²) >= 11 is 2.19. The highest BCUT2D eigenvalue weighted by Gasteiger charge is 2.15. The molecular weight excluding hydrogens is 381 g/mol. The second-order valence-electron chi connectivity index (χ2n) is 4.51. The van der Waals surface area contributed by atoms with E-state index < -0.39 is 0 Å². The number of nitrogens with zero attached hydrogens (tertiary/aromatic N) is 2. The van der Waals surface area contributed by atoms with Crippen molar-refractivity contribution in [2.45, 2.75) is 19.8 Å². The number of nitrogen functional groups attached to an aromatic ring is 1. The fourth-order valence-corrected chi connectivity index (χ4v) is 2.53. The number of aromatic nitrogens is 2. The van der Waals surface area contributed by atoms with Gasteiger partial charge in [0.05, 0.1) is 29.0 Å². The lowest BCUT2D eigenvalue weighted by Crippen LogP contribution is -2.05. The maximum absolute atomic E-state index is 6.01. The standard InChI is InChI=1S/C15H18IN3O2/c1-4-5-11-13(16)14(17)19-15(18-11)10-7-6-9(20-2)8-12(10)21-3/h6-8H,4-5H2,1-3H3,(H2,17,18,19). The fourth-order valence-electron chi connectivity index (χ4n) is 2.02. The van der Waals surface area contributed by atoms with E-state index in [0.29, 0.717) is 17.4 Å². The second kappa shape index (κ2) is 6.93. The summed E-state index contributed by atoms with van der Waals surface area (Å²) in [5.41, 5.74) is 7.79. The number of rotatable bonds is 5. The molecule has 1 aromatic heterocycles. The Balaban J connectivity index is 2.56. The quantitative estimate of drug-likeness (QED) is 0.782. The predicted octanol–water partition coefficient (Wildman–Crippen LogP) is 3.30. The van der Waals surface area contributed by atoms with Gasteiger partial charge in [-0.1, -0.05) is 13.3 Å². The maximum Gasteiger partial charge on any atom is 0.165 e. The van der Waals surface area contributed by atoms with Gasteiger partial charge in [-0.2, -0.15) is 0 Å². The molecule has 0 amide bonds. The highest BCUT2D eigenvalue weighted by molar-refractivity contribution is 14.1. The Bertz CT molecular complexity index is 647. The summed E-state index contributed by atoms with van der Waals surface area (Å²) in [5, 5.41) is 0. The van der Waals surface area contributed by atoms with Crippen LogP contribution in [0.15, 0.2) is 18.2 Å². The molecule has 0 aliphatic carbocycles. The van der Waals surface area contributed by atoms with Crippen LogP contribution in [-0.2, 0) is 6.42 Å². The van der Waals surface area contributed by atoms with Crippen LogP contribution < -0.4 is 15.2 Å². The molecule has 21 heavy (non-hydrogen) atoms. The third kappa shape index (κ3) is 3.37. The molecule has 112 valence electrons. The Kier molecular flexibility index (Phi) is 5.22. The predicted molar refractivity (Wildman–Crippen MR) is 91.7 cm³/mol. The summed E-state index contributed by atoms with van der Waals surface area (Å²) < 4.78 is 11.5. The van der Waals surface area contributed by atoms with Gasteiger partial charge in [0.1, 0.15) is 17.3 Å². The molecule has 5 nitrogen and oxygen atoms in total. The molecule has 2 aromatic rings. The minimum Gasteiger partial charge on any atom is -0.497 e. The van der Waals surface area contributed by atoms with E-state index >= 15 is 0 Å². The summed E-state index contributed by atoms with van der Waals surface area (Å²) in [6.45, 7) is 2.11. The molecule has 2 rings (SSSR count). The van der Waals surface area contributed by atoms with E-state index in [1.54, 1.807) is 14.2 Å². The highest BCUT2D eigenvalue weighted by atomic mass is 127. The number of ether oxygens (including phenoxy) is 2. The first-order valence-electron chi connectivity index (χ1n) is 6.65. The topological polar surface area (TPSA) is 70.3 Å².